The molecule has 2 aromatic rings. The van der Waals surface area contributed by atoms with Gasteiger partial charge in [0.05, 0.1) is 3.79 Å². The third-order valence-corrected chi connectivity index (χ3v) is 7.94. The quantitative estimate of drug-likeness (QED) is 0.743. The first kappa shape index (κ1) is 17.0. The van der Waals surface area contributed by atoms with Crippen LogP contribution in [0.3, 0.4) is 0 Å². The molecule has 1 saturated heterocycles. The predicted octanol–water partition coefficient (Wildman–Crippen LogP) is 3.93. The van der Waals surface area contributed by atoms with Gasteiger partial charge in [0.1, 0.15) is 4.21 Å². The molecule has 0 radical (unpaired) electrons. The summed E-state index contributed by atoms with van der Waals surface area (Å²) in [7, 11) is -1.81. The van der Waals surface area contributed by atoms with Crippen LogP contribution < -0.4 is 4.90 Å². The van der Waals surface area contributed by atoms with E-state index in [0.29, 0.717) is 10.8 Å². The largest absolute Gasteiger partial charge is 0.371 e. The number of hydrogen-bond donors (Lipinski definition) is 0. The molecule has 3 rings (SSSR count). The highest BCUT2D eigenvalue weighted by atomic mass is 79.9. The van der Waals surface area contributed by atoms with E-state index in [4.69, 9.17) is 0 Å². The van der Waals surface area contributed by atoms with Crippen LogP contribution in [0, 0.1) is 0 Å². The molecule has 1 fully saturated rings. The van der Waals surface area contributed by atoms with E-state index in [1.165, 1.54) is 28.5 Å². The fraction of sp³-hybridized carbons (Fsp3) is 0.375. The van der Waals surface area contributed by atoms with Gasteiger partial charge in [-0.3, -0.25) is 0 Å². The molecule has 1 aromatic carbocycles. The Morgan fingerprint density at radius 1 is 1.17 bits per heavy atom. The van der Waals surface area contributed by atoms with E-state index in [2.05, 4.69) is 26.9 Å². The Labute approximate surface area is 149 Å². The standard InChI is InChI=1S/C16H19BrN2O2S2/c1-18(23(20,21)16-9-8-15(17)22-16)12-13-6-2-3-7-14(13)19-10-4-5-11-19/h2-3,6-9H,4-5,10-12H2,1H3. The van der Waals surface area contributed by atoms with E-state index in [9.17, 15) is 8.42 Å². The van der Waals surface area contributed by atoms with Crippen molar-refractivity contribution in [1.29, 1.82) is 0 Å². The van der Waals surface area contributed by atoms with Crippen molar-refractivity contribution >= 4 is 43.0 Å². The zero-order valence-electron chi connectivity index (χ0n) is 12.9. The summed E-state index contributed by atoms with van der Waals surface area (Å²) in [5.74, 6) is 0. The molecule has 1 aromatic heterocycles. The summed E-state index contributed by atoms with van der Waals surface area (Å²) < 4.78 is 28.0. The molecule has 1 aliphatic rings. The van der Waals surface area contributed by atoms with Gasteiger partial charge in [-0.15, -0.1) is 11.3 Å². The van der Waals surface area contributed by atoms with Crippen molar-refractivity contribution in [2.45, 2.75) is 23.6 Å². The molecule has 0 atom stereocenters. The van der Waals surface area contributed by atoms with Gasteiger partial charge in [-0.05, 0) is 52.5 Å². The Morgan fingerprint density at radius 3 is 2.52 bits per heavy atom. The highest BCUT2D eigenvalue weighted by Gasteiger charge is 2.24. The van der Waals surface area contributed by atoms with E-state index in [-0.39, 0.29) is 0 Å². The molecular formula is C16H19BrN2O2S2. The molecule has 0 bridgehead atoms. The minimum Gasteiger partial charge on any atom is -0.371 e. The second kappa shape index (κ2) is 6.93. The molecule has 0 spiro atoms. The third kappa shape index (κ3) is 3.63. The summed E-state index contributed by atoms with van der Waals surface area (Å²) in [5, 5.41) is 0. The first-order chi connectivity index (χ1) is 11.0. The SMILES string of the molecule is CN(Cc1ccccc1N1CCCC1)S(=O)(=O)c1ccc(Br)s1. The monoisotopic (exact) mass is 414 g/mol. The molecular weight excluding hydrogens is 396 g/mol. The minimum atomic E-state index is -3.45. The van der Waals surface area contributed by atoms with E-state index in [0.717, 1.165) is 28.1 Å². The fourth-order valence-electron chi connectivity index (χ4n) is 2.83. The lowest BCUT2D eigenvalue weighted by molar-refractivity contribution is 0.468. The number of hydrogen-bond acceptors (Lipinski definition) is 4. The maximum Gasteiger partial charge on any atom is 0.252 e. The minimum absolute atomic E-state index is 0.366. The van der Waals surface area contributed by atoms with Crippen LogP contribution in [0.1, 0.15) is 18.4 Å². The Balaban J connectivity index is 1.84. The third-order valence-electron chi connectivity index (χ3n) is 4.04. The summed E-state index contributed by atoms with van der Waals surface area (Å²) in [6.07, 6.45) is 2.40. The van der Waals surface area contributed by atoms with Crippen molar-refractivity contribution < 1.29 is 8.42 Å². The predicted molar refractivity (Wildman–Crippen MR) is 98.6 cm³/mol. The van der Waals surface area contributed by atoms with Gasteiger partial charge in [0.15, 0.2) is 0 Å². The lowest BCUT2D eigenvalue weighted by Crippen LogP contribution is -2.27. The van der Waals surface area contributed by atoms with Crippen LogP contribution in [-0.2, 0) is 16.6 Å². The maximum absolute atomic E-state index is 12.7. The fourth-order valence-corrected chi connectivity index (χ4v) is 6.20. The summed E-state index contributed by atoms with van der Waals surface area (Å²) in [4.78, 5) is 2.34. The zero-order valence-corrected chi connectivity index (χ0v) is 16.1. The molecule has 1 aliphatic heterocycles. The van der Waals surface area contributed by atoms with Gasteiger partial charge in [0.2, 0.25) is 0 Å². The smallest absolute Gasteiger partial charge is 0.252 e. The number of rotatable bonds is 5. The van der Waals surface area contributed by atoms with E-state index >= 15 is 0 Å². The molecule has 0 unspecified atom stereocenters. The van der Waals surface area contributed by atoms with Gasteiger partial charge in [-0.2, -0.15) is 4.31 Å². The lowest BCUT2D eigenvalue weighted by atomic mass is 10.1. The van der Waals surface area contributed by atoms with Crippen LogP contribution in [0.25, 0.3) is 0 Å². The number of thiophene rings is 1. The summed E-state index contributed by atoms with van der Waals surface area (Å²) in [6, 6.07) is 11.5. The molecule has 124 valence electrons. The van der Waals surface area contributed by atoms with Crippen molar-refractivity contribution in [3.63, 3.8) is 0 Å². The van der Waals surface area contributed by atoms with E-state index in [1.807, 2.05) is 18.2 Å². The van der Waals surface area contributed by atoms with Crippen LogP contribution in [0.2, 0.25) is 0 Å². The molecule has 0 saturated carbocycles. The highest BCUT2D eigenvalue weighted by molar-refractivity contribution is 9.11. The zero-order chi connectivity index (χ0) is 16.4. The lowest BCUT2D eigenvalue weighted by Gasteiger charge is -2.24. The second-order valence-electron chi connectivity index (χ2n) is 5.64. The number of anilines is 1. The van der Waals surface area contributed by atoms with Gasteiger partial charge in [-0.1, -0.05) is 18.2 Å². The number of para-hydroxylation sites is 1. The molecule has 0 amide bonds. The Kier molecular flexibility index (Phi) is 5.10. The molecule has 2 heterocycles. The maximum atomic E-state index is 12.7. The second-order valence-corrected chi connectivity index (χ2v) is 10.4. The van der Waals surface area contributed by atoms with Gasteiger partial charge < -0.3 is 4.90 Å². The van der Waals surface area contributed by atoms with Crippen molar-refractivity contribution in [2.75, 3.05) is 25.0 Å². The van der Waals surface area contributed by atoms with Crippen molar-refractivity contribution in [3.8, 4) is 0 Å². The first-order valence-electron chi connectivity index (χ1n) is 7.53. The average molecular weight is 415 g/mol. The first-order valence-corrected chi connectivity index (χ1v) is 10.6. The normalized spacial score (nSPS) is 15.5. The number of halogens is 1. The van der Waals surface area contributed by atoms with E-state index in [1.54, 1.807) is 19.2 Å². The van der Waals surface area contributed by atoms with Crippen LogP contribution in [0.4, 0.5) is 5.69 Å². The summed E-state index contributed by atoms with van der Waals surface area (Å²) >= 11 is 4.57. The van der Waals surface area contributed by atoms with Crippen molar-refractivity contribution in [3.05, 3.63) is 45.7 Å². The summed E-state index contributed by atoms with van der Waals surface area (Å²) in [5.41, 5.74) is 2.20. The number of benzene rings is 1. The topological polar surface area (TPSA) is 40.6 Å². The molecule has 4 nitrogen and oxygen atoms in total. The Hall–Kier alpha value is -0.890. The van der Waals surface area contributed by atoms with Crippen molar-refractivity contribution in [2.24, 2.45) is 0 Å². The van der Waals surface area contributed by atoms with Gasteiger partial charge in [-0.25, -0.2) is 8.42 Å². The van der Waals surface area contributed by atoms with E-state index < -0.39 is 10.0 Å². The van der Waals surface area contributed by atoms with Gasteiger partial charge in [0, 0.05) is 32.4 Å². The molecule has 0 N–H and O–H groups in total. The Morgan fingerprint density at radius 2 is 1.87 bits per heavy atom. The summed E-state index contributed by atoms with van der Waals surface area (Å²) in [6.45, 7) is 2.47. The average Bonchev–Trinajstić information content (AvgIpc) is 3.19. The van der Waals surface area contributed by atoms with Crippen LogP contribution in [0.5, 0.6) is 0 Å². The van der Waals surface area contributed by atoms with Crippen LogP contribution in [0.15, 0.2) is 44.4 Å². The van der Waals surface area contributed by atoms with Crippen molar-refractivity contribution in [1.82, 2.24) is 4.31 Å². The number of sulfonamides is 1. The molecule has 23 heavy (non-hydrogen) atoms. The van der Waals surface area contributed by atoms with Gasteiger partial charge in [0.25, 0.3) is 10.0 Å². The number of nitrogens with zero attached hydrogens (tertiary/aromatic N) is 2. The van der Waals surface area contributed by atoms with Crippen LogP contribution >= 0.6 is 27.3 Å². The van der Waals surface area contributed by atoms with Crippen LogP contribution in [-0.4, -0.2) is 32.9 Å². The Bertz CT molecular complexity index is 783. The molecule has 7 heteroatoms. The highest BCUT2D eigenvalue weighted by Crippen LogP contribution is 2.30. The molecule has 0 aliphatic carbocycles. The van der Waals surface area contributed by atoms with Gasteiger partial charge >= 0.3 is 0 Å².